The second kappa shape index (κ2) is 72.0. The predicted molar refractivity (Wildman–Crippen MR) is 467 cm³/mol. The number of amides is 2. The Kier molecular flexibility index (Phi) is 69.7. The van der Waals surface area contributed by atoms with E-state index in [1.54, 1.807) is 0 Å². The SMILES string of the molecule is CCCCCCCCCCCOC(=O)C(C)(C)CCCCN(CCCCCCC(C)(C)C(=O)OC(CCCC)CCCCCCCC)CCNC(=O)/C=C/C(=O)NCCN(CCCCCCC(C)(C)C(=O)OC(CCCCCCCC)CCCCCCCC)CCCCC(C)(C)C(=O)OCCCCCCCCCCC. The number of hydrogen-bond acceptors (Lipinski definition) is 12. The summed E-state index contributed by atoms with van der Waals surface area (Å²) >= 11 is 0. The Labute approximate surface area is 681 Å². The van der Waals surface area contributed by atoms with E-state index in [1.165, 1.54) is 198 Å². The molecule has 14 heteroatoms. The van der Waals surface area contributed by atoms with Crippen LogP contribution in [-0.4, -0.2) is 123 Å². The number of nitrogens with zero attached hydrogens (tertiary/aromatic N) is 2. The van der Waals surface area contributed by atoms with Crippen molar-refractivity contribution in [1.82, 2.24) is 20.4 Å². The minimum Gasteiger partial charge on any atom is -0.465 e. The molecule has 0 fully saturated rings. The Bertz CT molecular complexity index is 2200. The van der Waals surface area contributed by atoms with Crippen molar-refractivity contribution in [2.45, 2.75) is 482 Å². The Hall–Kier alpha value is -3.52. The van der Waals surface area contributed by atoms with Crippen LogP contribution in [0.2, 0.25) is 0 Å². The summed E-state index contributed by atoms with van der Waals surface area (Å²) in [6.45, 7) is 36.3. The van der Waals surface area contributed by atoms with Crippen LogP contribution in [0.5, 0.6) is 0 Å². The van der Waals surface area contributed by atoms with Gasteiger partial charge in [-0.1, -0.05) is 305 Å². The lowest BCUT2D eigenvalue weighted by Crippen LogP contribution is -2.36. The molecule has 0 spiro atoms. The summed E-state index contributed by atoms with van der Waals surface area (Å²) in [6, 6.07) is 0. The van der Waals surface area contributed by atoms with E-state index in [1.807, 2.05) is 41.5 Å². The number of carbonyl (C=O) groups excluding carboxylic acids is 6. The largest absolute Gasteiger partial charge is 0.465 e. The second-order valence-electron chi connectivity index (χ2n) is 36.2. The Morgan fingerprint density at radius 2 is 0.482 bits per heavy atom. The van der Waals surface area contributed by atoms with Crippen molar-refractivity contribution >= 4 is 35.7 Å². The lowest BCUT2D eigenvalue weighted by atomic mass is 9.86. The van der Waals surface area contributed by atoms with Crippen molar-refractivity contribution in [3.63, 3.8) is 0 Å². The molecule has 648 valence electrons. The summed E-state index contributed by atoms with van der Waals surface area (Å²) in [7, 11) is 0. The van der Waals surface area contributed by atoms with Gasteiger partial charge in [-0.25, -0.2) is 0 Å². The fourth-order valence-electron chi connectivity index (χ4n) is 14.9. The summed E-state index contributed by atoms with van der Waals surface area (Å²) in [5.74, 6) is -0.947. The Balaban J connectivity index is 5.85. The topological polar surface area (TPSA) is 170 Å². The van der Waals surface area contributed by atoms with Gasteiger partial charge in [-0.3, -0.25) is 28.8 Å². The molecule has 0 rings (SSSR count). The van der Waals surface area contributed by atoms with Gasteiger partial charge in [0, 0.05) is 38.3 Å². The molecule has 0 aliphatic heterocycles. The van der Waals surface area contributed by atoms with E-state index in [0.717, 1.165) is 212 Å². The van der Waals surface area contributed by atoms with Crippen LogP contribution in [0.15, 0.2) is 12.2 Å². The third kappa shape index (κ3) is 62.8. The molecular formula is C96H184N4O10. The van der Waals surface area contributed by atoms with Crippen LogP contribution in [0.4, 0.5) is 0 Å². The van der Waals surface area contributed by atoms with Crippen molar-refractivity contribution < 1.29 is 47.7 Å². The molecule has 0 aromatic heterocycles. The number of esters is 4. The van der Waals surface area contributed by atoms with E-state index in [2.05, 4.69) is 75.8 Å². The maximum Gasteiger partial charge on any atom is 0.311 e. The molecule has 110 heavy (non-hydrogen) atoms. The van der Waals surface area contributed by atoms with E-state index < -0.39 is 21.7 Å². The van der Waals surface area contributed by atoms with Gasteiger partial charge in [0.1, 0.15) is 12.2 Å². The average molecular weight is 1550 g/mol. The average Bonchev–Trinajstić information content (AvgIpc) is 0.882. The zero-order valence-corrected chi connectivity index (χ0v) is 75.4. The second-order valence-corrected chi connectivity index (χ2v) is 36.2. The fourth-order valence-corrected chi connectivity index (χ4v) is 14.9. The summed E-state index contributed by atoms with van der Waals surface area (Å²) in [5, 5.41) is 6.09. The van der Waals surface area contributed by atoms with E-state index in [4.69, 9.17) is 18.9 Å². The number of unbranched alkanes of at least 4 members (excludes halogenated alkanes) is 40. The van der Waals surface area contributed by atoms with Crippen LogP contribution in [0.3, 0.4) is 0 Å². The molecule has 0 saturated heterocycles. The Morgan fingerprint density at radius 1 is 0.264 bits per heavy atom. The van der Waals surface area contributed by atoms with Crippen LogP contribution >= 0.6 is 0 Å². The predicted octanol–water partition coefficient (Wildman–Crippen LogP) is 26.1. The minimum absolute atomic E-state index is 0.00794. The van der Waals surface area contributed by atoms with E-state index in [-0.39, 0.29) is 47.9 Å². The molecule has 2 N–H and O–H groups in total. The molecule has 1 atom stereocenters. The van der Waals surface area contributed by atoms with Gasteiger partial charge in [0.25, 0.3) is 0 Å². The Morgan fingerprint density at radius 3 is 0.773 bits per heavy atom. The van der Waals surface area contributed by atoms with Crippen molar-refractivity contribution in [1.29, 1.82) is 0 Å². The maximum absolute atomic E-state index is 13.8. The molecule has 0 aliphatic carbocycles. The monoisotopic (exact) mass is 1550 g/mol. The van der Waals surface area contributed by atoms with Gasteiger partial charge >= 0.3 is 23.9 Å². The maximum atomic E-state index is 13.8. The molecule has 0 aliphatic rings. The number of hydrogen-bond donors (Lipinski definition) is 2. The molecule has 2 amide bonds. The van der Waals surface area contributed by atoms with Crippen LogP contribution in [-0.2, 0) is 47.7 Å². The zero-order valence-electron chi connectivity index (χ0n) is 75.4. The first-order chi connectivity index (χ1) is 52.9. The van der Waals surface area contributed by atoms with E-state index in [9.17, 15) is 28.8 Å². The summed E-state index contributed by atoms with van der Waals surface area (Å²) in [6.07, 6.45) is 67.7. The molecule has 0 radical (unpaired) electrons. The molecule has 0 heterocycles. The molecular weight excluding hydrogens is 1370 g/mol. The highest BCUT2D eigenvalue weighted by atomic mass is 16.6. The van der Waals surface area contributed by atoms with E-state index >= 15 is 0 Å². The summed E-state index contributed by atoms with van der Waals surface area (Å²) < 4.78 is 24.2. The van der Waals surface area contributed by atoms with Gasteiger partial charge in [-0.15, -0.1) is 0 Å². The zero-order chi connectivity index (χ0) is 81.5. The van der Waals surface area contributed by atoms with Gasteiger partial charge in [-0.05, 0) is 191 Å². The number of rotatable bonds is 82. The van der Waals surface area contributed by atoms with Gasteiger partial charge in [-0.2, -0.15) is 0 Å². The van der Waals surface area contributed by atoms with Gasteiger partial charge in [0.05, 0.1) is 34.9 Å². The lowest BCUT2D eigenvalue weighted by Gasteiger charge is -2.27. The smallest absolute Gasteiger partial charge is 0.311 e. The first kappa shape index (κ1) is 106. The van der Waals surface area contributed by atoms with Crippen LogP contribution in [0.25, 0.3) is 0 Å². The van der Waals surface area contributed by atoms with Crippen molar-refractivity contribution in [3.8, 4) is 0 Å². The molecule has 0 saturated carbocycles. The molecule has 14 nitrogen and oxygen atoms in total. The van der Waals surface area contributed by atoms with Crippen molar-refractivity contribution in [2.24, 2.45) is 21.7 Å². The highest BCUT2D eigenvalue weighted by Gasteiger charge is 2.34. The van der Waals surface area contributed by atoms with Gasteiger partial charge in [0.15, 0.2) is 0 Å². The number of carbonyl (C=O) groups is 6. The van der Waals surface area contributed by atoms with Crippen LogP contribution in [0, 0.1) is 21.7 Å². The summed E-state index contributed by atoms with van der Waals surface area (Å²) in [4.78, 5) is 85.4. The number of ether oxygens (including phenoxy) is 4. The molecule has 0 aromatic carbocycles. The molecule has 0 aromatic rings. The van der Waals surface area contributed by atoms with Gasteiger partial charge in [0.2, 0.25) is 11.8 Å². The van der Waals surface area contributed by atoms with Crippen LogP contribution < -0.4 is 10.6 Å². The highest BCUT2D eigenvalue weighted by molar-refractivity contribution is 5.96. The van der Waals surface area contributed by atoms with Crippen molar-refractivity contribution in [2.75, 3.05) is 65.6 Å². The number of nitrogens with one attached hydrogen (secondary N) is 2. The van der Waals surface area contributed by atoms with E-state index in [0.29, 0.717) is 39.4 Å². The normalized spacial score (nSPS) is 12.6. The first-order valence-corrected chi connectivity index (χ1v) is 47.4. The standard InChI is InChI=1S/C96H184N4O10/c1-15-21-27-32-37-39-41-50-63-83-107-89(103)93(7,8)73-57-61-79-99(77-59-48-46-55-71-95(11,12)91(105)109-85(65-26-20-6)66-52-43-34-29-23-17-3)81-75-97-87(101)69-70-88(102)98-76-82-100(80-62-58-74-94(9,10)90(104)108-84-64-51-42-40-38-33-28-22-16-2)78-60-49-47-56-72-96(13,14)92(106)110-86(67-53-44-35-30-24-18-4)68-54-45-36-31-25-19-5/h69-70,85-86H,15-68,71-84H2,1-14H3,(H,97,101)(H,98,102)/b70-69+. The first-order valence-electron chi connectivity index (χ1n) is 47.4. The van der Waals surface area contributed by atoms with Gasteiger partial charge < -0.3 is 39.4 Å². The third-order valence-corrected chi connectivity index (χ3v) is 23.2. The fraction of sp³-hybridized carbons (Fsp3) is 0.917. The highest BCUT2D eigenvalue weighted by Crippen LogP contribution is 2.32. The lowest BCUT2D eigenvalue weighted by molar-refractivity contribution is -0.161. The third-order valence-electron chi connectivity index (χ3n) is 23.2. The van der Waals surface area contributed by atoms with Crippen LogP contribution in [0.1, 0.15) is 469 Å². The molecule has 0 bridgehead atoms. The van der Waals surface area contributed by atoms with Crippen molar-refractivity contribution in [3.05, 3.63) is 12.2 Å². The summed E-state index contributed by atoms with van der Waals surface area (Å²) in [5.41, 5.74) is -2.20. The minimum atomic E-state index is -0.564. The molecule has 1 unspecified atom stereocenters. The quantitative estimate of drug-likeness (QED) is 0.0256.